The van der Waals surface area contributed by atoms with Crippen molar-refractivity contribution in [3.8, 4) is 5.75 Å². The van der Waals surface area contributed by atoms with Gasteiger partial charge in [0, 0.05) is 5.70 Å². The Morgan fingerprint density at radius 2 is 1.88 bits per heavy atom. The number of nitrogens with one attached hydrogen (secondary N) is 2. The highest BCUT2D eigenvalue weighted by atomic mass is 16.5. The fourth-order valence-corrected chi connectivity index (χ4v) is 2.40. The van der Waals surface area contributed by atoms with E-state index in [2.05, 4.69) is 10.6 Å². The van der Waals surface area contributed by atoms with E-state index in [1.165, 1.54) is 0 Å². The number of hydrogen-bond donors (Lipinski definition) is 3. The molecule has 0 fully saturated rings. The third kappa shape index (κ3) is 4.72. The molecule has 1 aromatic carbocycles. The monoisotopic (exact) mass is 347 g/mol. The second-order valence-corrected chi connectivity index (χ2v) is 5.85. The summed E-state index contributed by atoms with van der Waals surface area (Å²) in [7, 11) is 0. The quantitative estimate of drug-likeness (QED) is 0.666. The van der Waals surface area contributed by atoms with Crippen LogP contribution in [0.3, 0.4) is 0 Å². The molecule has 4 N–H and O–H groups in total. The van der Waals surface area contributed by atoms with Gasteiger partial charge < -0.3 is 25.8 Å². The summed E-state index contributed by atoms with van der Waals surface area (Å²) in [5, 5.41) is 5.29. The summed E-state index contributed by atoms with van der Waals surface area (Å²) in [4.78, 5) is 35.0. The molecule has 0 aromatic heterocycles. The van der Waals surface area contributed by atoms with Crippen LogP contribution in [0.25, 0.3) is 0 Å². The average Bonchev–Trinajstić information content (AvgIpc) is 2.51. The zero-order chi connectivity index (χ0) is 18.6. The van der Waals surface area contributed by atoms with E-state index >= 15 is 0 Å². The number of esters is 1. The van der Waals surface area contributed by atoms with Crippen molar-refractivity contribution in [3.05, 3.63) is 41.1 Å². The van der Waals surface area contributed by atoms with Gasteiger partial charge in [-0.15, -0.1) is 0 Å². The zero-order valence-electron chi connectivity index (χ0n) is 14.3. The van der Waals surface area contributed by atoms with Crippen molar-refractivity contribution < 1.29 is 23.9 Å². The smallest absolute Gasteiger partial charge is 0.338 e. The zero-order valence-corrected chi connectivity index (χ0v) is 14.3. The number of primary amides is 1. The molecule has 8 nitrogen and oxygen atoms in total. The first-order valence-electron chi connectivity index (χ1n) is 7.78. The summed E-state index contributed by atoms with van der Waals surface area (Å²) in [6.07, 6.45) is -0.282. The van der Waals surface area contributed by atoms with Crippen LogP contribution in [-0.2, 0) is 14.3 Å². The first-order chi connectivity index (χ1) is 11.8. The van der Waals surface area contributed by atoms with Crippen molar-refractivity contribution in [1.29, 1.82) is 0 Å². The van der Waals surface area contributed by atoms with E-state index in [1.54, 1.807) is 45.0 Å². The van der Waals surface area contributed by atoms with Crippen LogP contribution < -0.4 is 21.1 Å². The molecule has 1 aliphatic heterocycles. The number of rotatable bonds is 6. The lowest BCUT2D eigenvalue weighted by Gasteiger charge is -2.28. The molecule has 0 aliphatic carbocycles. The van der Waals surface area contributed by atoms with Crippen molar-refractivity contribution in [1.82, 2.24) is 10.6 Å². The Morgan fingerprint density at radius 1 is 1.24 bits per heavy atom. The predicted octanol–water partition coefficient (Wildman–Crippen LogP) is 1.13. The highest BCUT2D eigenvalue weighted by Gasteiger charge is 2.32. The molecular weight excluding hydrogens is 326 g/mol. The first kappa shape index (κ1) is 18.3. The summed E-state index contributed by atoms with van der Waals surface area (Å²) >= 11 is 0. The second-order valence-electron chi connectivity index (χ2n) is 5.85. The second kappa shape index (κ2) is 7.69. The Kier molecular flexibility index (Phi) is 5.63. The summed E-state index contributed by atoms with van der Waals surface area (Å²) < 4.78 is 10.5. The van der Waals surface area contributed by atoms with Gasteiger partial charge in [0.15, 0.2) is 6.61 Å². The highest BCUT2D eigenvalue weighted by Crippen LogP contribution is 2.29. The lowest BCUT2D eigenvalue weighted by molar-refractivity contribution is -0.143. The van der Waals surface area contributed by atoms with Crippen LogP contribution in [0.5, 0.6) is 5.75 Å². The molecule has 0 spiro atoms. The molecular formula is C17H21N3O5. The molecule has 8 heteroatoms. The van der Waals surface area contributed by atoms with Gasteiger partial charge in [-0.1, -0.05) is 12.1 Å². The maximum Gasteiger partial charge on any atom is 0.338 e. The maximum atomic E-state index is 12.4. The molecule has 2 rings (SSSR count). The van der Waals surface area contributed by atoms with E-state index < -0.39 is 23.9 Å². The van der Waals surface area contributed by atoms with Crippen LogP contribution in [0, 0.1) is 0 Å². The number of carbonyl (C=O) groups excluding carboxylic acids is 3. The van der Waals surface area contributed by atoms with E-state index in [1.807, 2.05) is 0 Å². The van der Waals surface area contributed by atoms with Gasteiger partial charge in [0.2, 0.25) is 0 Å². The molecule has 0 radical (unpaired) electrons. The first-order valence-corrected chi connectivity index (χ1v) is 7.78. The molecule has 3 amide bonds. The molecule has 25 heavy (non-hydrogen) atoms. The van der Waals surface area contributed by atoms with E-state index in [4.69, 9.17) is 15.2 Å². The Bertz CT molecular complexity index is 709. The Balaban J connectivity index is 2.27. The van der Waals surface area contributed by atoms with Crippen LogP contribution >= 0.6 is 0 Å². The van der Waals surface area contributed by atoms with Gasteiger partial charge in [-0.05, 0) is 38.5 Å². The number of urea groups is 1. The lowest BCUT2D eigenvalue weighted by Crippen LogP contribution is -2.45. The van der Waals surface area contributed by atoms with E-state index in [0.29, 0.717) is 22.6 Å². The van der Waals surface area contributed by atoms with E-state index in [9.17, 15) is 14.4 Å². The minimum Gasteiger partial charge on any atom is -0.484 e. The lowest BCUT2D eigenvalue weighted by atomic mass is 9.95. The number of ether oxygens (including phenoxy) is 2. The third-order valence-electron chi connectivity index (χ3n) is 3.43. The van der Waals surface area contributed by atoms with Crippen LogP contribution in [0.4, 0.5) is 4.79 Å². The predicted molar refractivity (Wildman–Crippen MR) is 89.5 cm³/mol. The van der Waals surface area contributed by atoms with Crippen molar-refractivity contribution in [2.45, 2.75) is 32.9 Å². The van der Waals surface area contributed by atoms with Gasteiger partial charge in [0.05, 0.1) is 17.7 Å². The third-order valence-corrected chi connectivity index (χ3v) is 3.43. The highest BCUT2D eigenvalue weighted by molar-refractivity contribution is 5.95. The van der Waals surface area contributed by atoms with Crippen LogP contribution in [0.1, 0.15) is 32.4 Å². The van der Waals surface area contributed by atoms with Crippen molar-refractivity contribution in [2.75, 3.05) is 6.61 Å². The molecule has 0 bridgehead atoms. The topological polar surface area (TPSA) is 120 Å². The van der Waals surface area contributed by atoms with Crippen LogP contribution in [-0.4, -0.2) is 30.6 Å². The number of hydrogen-bond acceptors (Lipinski definition) is 5. The van der Waals surface area contributed by atoms with Crippen LogP contribution in [0.2, 0.25) is 0 Å². The molecule has 1 aromatic rings. The minimum absolute atomic E-state index is 0.228. The van der Waals surface area contributed by atoms with Gasteiger partial charge in [0.25, 0.3) is 5.91 Å². The summed E-state index contributed by atoms with van der Waals surface area (Å²) in [5.74, 6) is -0.624. The molecule has 1 heterocycles. The van der Waals surface area contributed by atoms with Gasteiger partial charge in [-0.3, -0.25) is 4.79 Å². The SMILES string of the molecule is CC1=C(C(=O)OC(C)C)[C@H](c2ccc(OCC(N)=O)cc2)NC(=O)N1. The Morgan fingerprint density at radius 3 is 2.44 bits per heavy atom. The van der Waals surface area contributed by atoms with Gasteiger partial charge >= 0.3 is 12.0 Å². The Labute approximate surface area is 145 Å². The van der Waals surface area contributed by atoms with Gasteiger partial charge in [-0.25, -0.2) is 9.59 Å². The van der Waals surface area contributed by atoms with Crippen LogP contribution in [0.15, 0.2) is 35.5 Å². The van der Waals surface area contributed by atoms with Gasteiger partial charge in [-0.2, -0.15) is 0 Å². The van der Waals surface area contributed by atoms with Crippen molar-refractivity contribution >= 4 is 17.9 Å². The standard InChI is InChI=1S/C17H21N3O5/c1-9(2)25-16(22)14-10(3)19-17(23)20-15(14)11-4-6-12(7-5-11)24-8-13(18)21/h4-7,9,15H,8H2,1-3H3,(H2,18,21)(H2,19,20,23)/t15-/m0/s1. The number of benzene rings is 1. The van der Waals surface area contributed by atoms with Crippen molar-refractivity contribution in [2.24, 2.45) is 5.73 Å². The number of nitrogens with two attached hydrogens (primary N) is 1. The molecule has 1 aliphatic rings. The van der Waals surface area contributed by atoms with E-state index in [0.717, 1.165) is 0 Å². The molecule has 1 atom stereocenters. The number of carbonyl (C=O) groups is 3. The summed E-state index contributed by atoms with van der Waals surface area (Å²) in [6.45, 7) is 4.92. The molecule has 0 saturated heterocycles. The average molecular weight is 347 g/mol. The largest absolute Gasteiger partial charge is 0.484 e. The number of amides is 3. The molecule has 134 valence electrons. The molecule has 0 unspecified atom stereocenters. The minimum atomic E-state index is -0.648. The summed E-state index contributed by atoms with van der Waals surface area (Å²) in [5.41, 5.74) is 6.48. The molecule has 0 saturated carbocycles. The normalized spacial score (nSPS) is 17.0. The fraction of sp³-hybridized carbons (Fsp3) is 0.353. The van der Waals surface area contributed by atoms with Crippen molar-refractivity contribution in [3.63, 3.8) is 0 Å². The Hall–Kier alpha value is -3.03. The van der Waals surface area contributed by atoms with E-state index in [-0.39, 0.29) is 12.7 Å². The maximum absolute atomic E-state index is 12.4. The van der Waals surface area contributed by atoms with Gasteiger partial charge in [0.1, 0.15) is 5.75 Å². The fourth-order valence-electron chi connectivity index (χ4n) is 2.40. The summed E-state index contributed by atoms with van der Waals surface area (Å²) in [6, 6.07) is 5.61. The number of allylic oxidation sites excluding steroid dienone is 1.